The van der Waals surface area contributed by atoms with Crippen LogP contribution in [-0.4, -0.2) is 0 Å². The van der Waals surface area contributed by atoms with Crippen molar-refractivity contribution in [2.75, 3.05) is 4.90 Å². The first kappa shape index (κ1) is 33.6. The molecule has 9 aromatic carbocycles. The molecule has 0 bridgehead atoms. The van der Waals surface area contributed by atoms with Gasteiger partial charge in [0, 0.05) is 42.5 Å². The Morgan fingerprint density at radius 2 is 0.982 bits per heavy atom. The van der Waals surface area contributed by atoms with Crippen molar-refractivity contribution < 1.29 is 0 Å². The first-order chi connectivity index (χ1) is 28.0. The number of hydrogen-bond acceptors (Lipinski definition) is 2. The van der Waals surface area contributed by atoms with Crippen LogP contribution in [-0.2, 0) is 5.41 Å². The third-order valence-corrected chi connectivity index (χ3v) is 13.2. The summed E-state index contributed by atoms with van der Waals surface area (Å²) in [6.07, 6.45) is 0. The molecule has 0 saturated carbocycles. The molecule has 57 heavy (non-hydrogen) atoms. The second kappa shape index (κ2) is 13.2. The minimum Gasteiger partial charge on any atom is -0.310 e. The molecule has 0 saturated heterocycles. The van der Waals surface area contributed by atoms with Gasteiger partial charge in [-0.1, -0.05) is 159 Å². The van der Waals surface area contributed by atoms with Crippen molar-refractivity contribution in [2.24, 2.45) is 0 Å². The maximum atomic E-state index is 2.46. The summed E-state index contributed by atoms with van der Waals surface area (Å²) < 4.78 is 2.66. The van der Waals surface area contributed by atoms with Gasteiger partial charge in [-0.3, -0.25) is 0 Å². The molecule has 0 amide bonds. The van der Waals surface area contributed by atoms with Crippen LogP contribution in [0.5, 0.6) is 0 Å². The van der Waals surface area contributed by atoms with Crippen molar-refractivity contribution in [2.45, 2.75) is 19.3 Å². The van der Waals surface area contributed by atoms with Gasteiger partial charge in [0.25, 0.3) is 0 Å². The van der Waals surface area contributed by atoms with E-state index in [0.29, 0.717) is 0 Å². The molecule has 0 fully saturated rings. The third kappa shape index (κ3) is 5.51. The molecule has 1 nitrogen and oxygen atoms in total. The minimum absolute atomic E-state index is 0.117. The average Bonchev–Trinajstić information content (AvgIpc) is 3.75. The van der Waals surface area contributed by atoms with Gasteiger partial charge in [-0.2, -0.15) is 0 Å². The quantitative estimate of drug-likeness (QED) is 0.164. The number of hydrogen-bond donors (Lipinski definition) is 0. The van der Waals surface area contributed by atoms with Gasteiger partial charge in [0.1, 0.15) is 0 Å². The SMILES string of the molecule is CC1(C)c2ccccc2-c2ccc(N(c3ccc(-c4ccc5sc6ccccc6c5c4)cc3)c3ccccc3-c3cccc(-c4cccc5ccccc45)c3)cc21. The van der Waals surface area contributed by atoms with Crippen LogP contribution in [0.3, 0.4) is 0 Å². The summed E-state index contributed by atoms with van der Waals surface area (Å²) in [5.41, 5.74) is 15.9. The van der Waals surface area contributed by atoms with E-state index in [0.717, 1.165) is 17.1 Å². The Morgan fingerprint density at radius 3 is 1.86 bits per heavy atom. The number of benzene rings is 9. The Labute approximate surface area is 337 Å². The molecule has 0 unspecified atom stereocenters. The van der Waals surface area contributed by atoms with Crippen LogP contribution in [0, 0.1) is 0 Å². The Balaban J connectivity index is 1.06. The van der Waals surface area contributed by atoms with E-state index < -0.39 is 0 Å². The highest BCUT2D eigenvalue weighted by Gasteiger charge is 2.36. The molecule has 0 radical (unpaired) electrons. The molecule has 0 N–H and O–H groups in total. The van der Waals surface area contributed by atoms with Crippen LogP contribution in [0.4, 0.5) is 17.1 Å². The van der Waals surface area contributed by atoms with E-state index in [1.807, 2.05) is 11.3 Å². The molecule has 11 rings (SSSR count). The van der Waals surface area contributed by atoms with Gasteiger partial charge in [0.05, 0.1) is 5.69 Å². The summed E-state index contributed by atoms with van der Waals surface area (Å²) >= 11 is 1.86. The van der Waals surface area contributed by atoms with E-state index in [9.17, 15) is 0 Å². The van der Waals surface area contributed by atoms with Crippen molar-refractivity contribution in [3.63, 3.8) is 0 Å². The zero-order chi connectivity index (χ0) is 38.1. The summed E-state index contributed by atoms with van der Waals surface area (Å²) in [6.45, 7) is 4.72. The zero-order valence-corrected chi connectivity index (χ0v) is 32.7. The molecule has 1 aromatic heterocycles. The van der Waals surface area contributed by atoms with E-state index in [2.05, 4.69) is 219 Å². The van der Waals surface area contributed by atoms with Gasteiger partial charge in [0.15, 0.2) is 0 Å². The van der Waals surface area contributed by atoms with Crippen LogP contribution in [0.2, 0.25) is 0 Å². The lowest BCUT2D eigenvalue weighted by molar-refractivity contribution is 0.660. The van der Waals surface area contributed by atoms with E-state index in [4.69, 9.17) is 0 Å². The number of para-hydroxylation sites is 1. The molecule has 0 atom stereocenters. The Hall–Kier alpha value is -6.74. The van der Waals surface area contributed by atoms with Crippen molar-refractivity contribution in [1.82, 2.24) is 0 Å². The highest BCUT2D eigenvalue weighted by molar-refractivity contribution is 7.25. The first-order valence-electron chi connectivity index (χ1n) is 19.8. The van der Waals surface area contributed by atoms with Gasteiger partial charge < -0.3 is 4.90 Å². The number of rotatable bonds is 6. The summed E-state index contributed by atoms with van der Waals surface area (Å²) in [5, 5.41) is 5.16. The predicted molar refractivity (Wildman–Crippen MR) is 245 cm³/mol. The van der Waals surface area contributed by atoms with E-state index >= 15 is 0 Å². The summed E-state index contributed by atoms with van der Waals surface area (Å²) in [4.78, 5) is 2.46. The lowest BCUT2D eigenvalue weighted by Gasteiger charge is -2.30. The lowest BCUT2D eigenvalue weighted by Crippen LogP contribution is -2.16. The number of thiophene rings is 1. The fraction of sp³-hybridized carbons (Fsp3) is 0.0545. The topological polar surface area (TPSA) is 3.24 Å². The second-order valence-electron chi connectivity index (χ2n) is 15.7. The molecule has 0 spiro atoms. The summed E-state index contributed by atoms with van der Waals surface area (Å²) in [5.74, 6) is 0. The fourth-order valence-electron chi connectivity index (χ4n) is 9.21. The molecule has 1 aliphatic carbocycles. The van der Waals surface area contributed by atoms with Crippen LogP contribution in [0.25, 0.3) is 75.5 Å². The highest BCUT2D eigenvalue weighted by atomic mass is 32.1. The van der Waals surface area contributed by atoms with Gasteiger partial charge in [-0.25, -0.2) is 0 Å². The maximum absolute atomic E-state index is 2.46. The van der Waals surface area contributed by atoms with Crippen LogP contribution >= 0.6 is 11.3 Å². The molecular formula is C55H39NS. The van der Waals surface area contributed by atoms with Crippen molar-refractivity contribution in [3.05, 3.63) is 211 Å². The normalized spacial score (nSPS) is 12.9. The predicted octanol–water partition coefficient (Wildman–Crippen LogP) is 16.0. The lowest BCUT2D eigenvalue weighted by atomic mass is 9.82. The third-order valence-electron chi connectivity index (χ3n) is 12.1. The van der Waals surface area contributed by atoms with Gasteiger partial charge >= 0.3 is 0 Å². The maximum Gasteiger partial charge on any atom is 0.0540 e. The largest absolute Gasteiger partial charge is 0.310 e. The average molecular weight is 746 g/mol. The molecule has 10 aromatic rings. The smallest absolute Gasteiger partial charge is 0.0540 e. The summed E-state index contributed by atoms with van der Waals surface area (Å²) in [7, 11) is 0. The van der Waals surface area contributed by atoms with E-state index in [1.54, 1.807) is 0 Å². The molecule has 0 aliphatic heterocycles. The Morgan fingerprint density at radius 1 is 0.368 bits per heavy atom. The van der Waals surface area contributed by atoms with Gasteiger partial charge in [-0.05, 0) is 115 Å². The number of fused-ring (bicyclic) bond motifs is 7. The first-order valence-corrected chi connectivity index (χ1v) is 20.6. The van der Waals surface area contributed by atoms with Crippen LogP contribution in [0.1, 0.15) is 25.0 Å². The van der Waals surface area contributed by atoms with Gasteiger partial charge in [-0.15, -0.1) is 11.3 Å². The van der Waals surface area contributed by atoms with Gasteiger partial charge in [0.2, 0.25) is 0 Å². The molecule has 270 valence electrons. The second-order valence-corrected chi connectivity index (χ2v) is 16.8. The highest BCUT2D eigenvalue weighted by Crippen LogP contribution is 2.51. The van der Waals surface area contributed by atoms with Crippen LogP contribution < -0.4 is 4.90 Å². The Bertz CT molecular complexity index is 3160. The molecular weight excluding hydrogens is 707 g/mol. The number of nitrogens with zero attached hydrogens (tertiary/aromatic N) is 1. The molecule has 1 heterocycles. The van der Waals surface area contributed by atoms with Crippen LogP contribution in [0.15, 0.2) is 200 Å². The standard InChI is InChI=1S/C55H39NS/c1-55(2)50-22-8-5-19-46(50)47-31-30-42(35-51(47)55)56(41-28-25-36(26-29-41)38-27-32-54-49(34-38)48-20-7-10-24-53(48)57-54)52-23-9-6-18-45(52)40-16-11-15-39(33-40)44-21-12-14-37-13-3-4-17-43(37)44/h3-35H,1-2H3. The number of anilines is 3. The minimum atomic E-state index is -0.117. The van der Waals surface area contributed by atoms with Crippen molar-refractivity contribution in [1.29, 1.82) is 0 Å². The monoisotopic (exact) mass is 745 g/mol. The van der Waals surface area contributed by atoms with E-state index in [-0.39, 0.29) is 5.41 Å². The summed E-state index contributed by atoms with van der Waals surface area (Å²) in [6, 6.07) is 74.0. The molecule has 2 heteroatoms. The Kier molecular flexibility index (Phi) is 7.77. The van der Waals surface area contributed by atoms with E-state index in [1.165, 1.54) is 86.6 Å². The molecule has 1 aliphatic rings. The van der Waals surface area contributed by atoms with Crippen molar-refractivity contribution in [3.8, 4) is 44.5 Å². The van der Waals surface area contributed by atoms with Crippen molar-refractivity contribution >= 4 is 59.3 Å². The zero-order valence-electron chi connectivity index (χ0n) is 31.9. The fourth-order valence-corrected chi connectivity index (χ4v) is 10.3.